The molecule has 0 unspecified atom stereocenters. The van der Waals surface area contributed by atoms with Gasteiger partial charge in [0.1, 0.15) is 39.6 Å². The summed E-state index contributed by atoms with van der Waals surface area (Å²) in [6.45, 7) is 0.388. The number of ether oxygens (including phenoxy) is 6. The van der Waals surface area contributed by atoms with Gasteiger partial charge in [0.2, 0.25) is 11.5 Å². The fourth-order valence-corrected chi connectivity index (χ4v) is 7.49. The summed E-state index contributed by atoms with van der Waals surface area (Å²) in [5, 5.41) is -1.77. The molecule has 0 aliphatic carbocycles. The van der Waals surface area contributed by atoms with E-state index < -0.39 is 10.5 Å². The predicted molar refractivity (Wildman–Crippen MR) is 257 cm³/mol. The highest BCUT2D eigenvalue weighted by atomic mass is 35.5. The molecule has 0 N–H and O–H groups in total. The first-order chi connectivity index (χ1) is 32.4. The highest BCUT2D eigenvalue weighted by molar-refractivity contribution is 6.69. The van der Waals surface area contributed by atoms with Gasteiger partial charge in [-0.25, -0.2) is 0 Å². The summed E-state index contributed by atoms with van der Waals surface area (Å²) in [6.07, 6.45) is 0. The van der Waals surface area contributed by atoms with E-state index in [0.717, 1.165) is 33.4 Å². The number of carbonyl (C=O) groups excluding carboxylic acids is 2. The summed E-state index contributed by atoms with van der Waals surface area (Å²) in [5.74, 6) is 0.694. The maximum Gasteiger partial charge on any atom is 0.253 e. The lowest BCUT2D eigenvalue weighted by atomic mass is 9.92. The number of carbonyl (C=O) groups is 2. The molecule has 0 aromatic heterocycles. The molecule has 0 aliphatic rings. The molecule has 0 heterocycles. The van der Waals surface area contributed by atoms with Crippen LogP contribution >= 0.6 is 23.2 Å². The van der Waals surface area contributed by atoms with Crippen LogP contribution in [0, 0.1) is 0 Å². The van der Waals surface area contributed by atoms with Gasteiger partial charge in [-0.2, -0.15) is 0 Å². The highest BCUT2D eigenvalue weighted by Crippen LogP contribution is 2.56. The Morgan fingerprint density at radius 2 is 0.515 bits per heavy atom. The van der Waals surface area contributed by atoms with E-state index in [1.54, 1.807) is 0 Å². The second kappa shape index (κ2) is 22.4. The monoisotopic (exact) mass is 914 g/mol. The lowest BCUT2D eigenvalue weighted by Gasteiger charge is -2.26. The van der Waals surface area contributed by atoms with Crippen molar-refractivity contribution in [3.05, 3.63) is 239 Å². The first-order valence-corrected chi connectivity index (χ1v) is 22.0. The van der Waals surface area contributed by atoms with Crippen LogP contribution in [-0.2, 0) is 39.6 Å². The van der Waals surface area contributed by atoms with Crippen molar-refractivity contribution in [1.29, 1.82) is 0 Å². The molecule has 0 fully saturated rings. The zero-order chi connectivity index (χ0) is 45.5. The molecule has 8 rings (SSSR count). The predicted octanol–water partition coefficient (Wildman–Crippen LogP) is 13.6. The number of hydrogen-bond donors (Lipinski definition) is 0. The standard InChI is InChI=1S/C56H44Cl2O8/c57-55(59)45-31-47(61-33-39-19-7-1-8-20-39)51(63-35-41-23-11-3-12-24-41)53(65-37-43-27-15-5-16-28-43)49(45)50-46(56(58)60)32-48(62-34-40-21-9-2-10-22-40)52(64-36-42-25-13-4-14-26-42)54(50)66-38-44-29-17-6-18-30-44/h1-32H,33-38H2. The topological polar surface area (TPSA) is 89.5 Å². The van der Waals surface area contributed by atoms with E-state index in [1.807, 2.05) is 182 Å². The zero-order valence-electron chi connectivity index (χ0n) is 35.7. The second-order valence-corrected chi connectivity index (χ2v) is 15.8. The third-order valence-corrected chi connectivity index (χ3v) is 10.9. The minimum atomic E-state index is -0.883. The van der Waals surface area contributed by atoms with E-state index in [1.165, 1.54) is 12.1 Å². The lowest BCUT2D eigenvalue weighted by Crippen LogP contribution is -2.12. The molecule has 8 nitrogen and oxygen atoms in total. The van der Waals surface area contributed by atoms with Crippen LogP contribution in [0.4, 0.5) is 0 Å². The highest BCUT2D eigenvalue weighted by Gasteiger charge is 2.34. The molecule has 0 saturated heterocycles. The summed E-state index contributed by atoms with van der Waals surface area (Å²) in [5.41, 5.74) is 4.99. The molecule has 0 atom stereocenters. The van der Waals surface area contributed by atoms with Crippen molar-refractivity contribution in [2.45, 2.75) is 39.6 Å². The minimum absolute atomic E-state index is 0.00753. The Labute approximate surface area is 393 Å². The van der Waals surface area contributed by atoms with E-state index in [9.17, 15) is 9.59 Å². The molecule has 10 heteroatoms. The summed E-state index contributed by atoms with van der Waals surface area (Å²) in [7, 11) is 0. The van der Waals surface area contributed by atoms with Crippen LogP contribution in [0.3, 0.4) is 0 Å². The molecular formula is C56H44Cl2O8. The third kappa shape index (κ3) is 11.6. The summed E-state index contributed by atoms with van der Waals surface area (Å²) < 4.78 is 40.2. The van der Waals surface area contributed by atoms with Gasteiger partial charge >= 0.3 is 0 Å². The van der Waals surface area contributed by atoms with E-state index >= 15 is 0 Å². The average Bonchev–Trinajstić information content (AvgIpc) is 3.36. The van der Waals surface area contributed by atoms with Gasteiger partial charge in [0.25, 0.3) is 10.5 Å². The zero-order valence-corrected chi connectivity index (χ0v) is 37.3. The van der Waals surface area contributed by atoms with Crippen molar-refractivity contribution < 1.29 is 38.0 Å². The molecule has 66 heavy (non-hydrogen) atoms. The van der Waals surface area contributed by atoms with Gasteiger partial charge in [0.15, 0.2) is 23.0 Å². The summed E-state index contributed by atoms with van der Waals surface area (Å²) in [6, 6.07) is 60.3. The van der Waals surface area contributed by atoms with Crippen LogP contribution in [0.2, 0.25) is 0 Å². The van der Waals surface area contributed by atoms with Crippen LogP contribution in [-0.4, -0.2) is 10.5 Å². The van der Waals surface area contributed by atoms with Gasteiger partial charge in [-0.05, 0) is 68.7 Å². The quantitative estimate of drug-likeness (QED) is 0.0659. The van der Waals surface area contributed by atoms with Gasteiger partial charge in [0, 0.05) is 22.3 Å². The van der Waals surface area contributed by atoms with Gasteiger partial charge in [-0.1, -0.05) is 182 Å². The van der Waals surface area contributed by atoms with Crippen molar-refractivity contribution in [2.24, 2.45) is 0 Å². The van der Waals surface area contributed by atoms with Crippen molar-refractivity contribution in [2.75, 3.05) is 0 Å². The molecule has 0 saturated carbocycles. The fraction of sp³-hybridized carbons (Fsp3) is 0.107. The summed E-state index contributed by atoms with van der Waals surface area (Å²) >= 11 is 13.3. The Morgan fingerprint density at radius 3 is 0.742 bits per heavy atom. The largest absolute Gasteiger partial charge is 0.485 e. The van der Waals surface area contributed by atoms with Gasteiger partial charge < -0.3 is 28.4 Å². The first kappa shape index (κ1) is 45.1. The number of halogens is 2. The van der Waals surface area contributed by atoms with E-state index in [-0.39, 0.29) is 96.4 Å². The molecule has 0 bridgehead atoms. The third-order valence-electron chi connectivity index (χ3n) is 10.5. The molecule has 0 amide bonds. The maximum absolute atomic E-state index is 14.1. The number of hydrogen-bond acceptors (Lipinski definition) is 8. The lowest BCUT2D eigenvalue weighted by molar-refractivity contribution is 0.107. The SMILES string of the molecule is O=C(Cl)c1cc(OCc2ccccc2)c(OCc2ccccc2)c(OCc2ccccc2)c1-c1c(C(=O)Cl)cc(OCc2ccccc2)c(OCc2ccccc2)c1OCc1ccccc1. The minimum Gasteiger partial charge on any atom is -0.485 e. The Kier molecular flexibility index (Phi) is 15.3. The van der Waals surface area contributed by atoms with Crippen LogP contribution in [0.15, 0.2) is 194 Å². The summed E-state index contributed by atoms with van der Waals surface area (Å²) in [4.78, 5) is 28.2. The number of benzene rings is 8. The molecule has 0 radical (unpaired) electrons. The average molecular weight is 916 g/mol. The fourth-order valence-electron chi connectivity index (χ4n) is 7.19. The molecule has 0 aliphatic heterocycles. The smallest absolute Gasteiger partial charge is 0.253 e. The molecule has 8 aromatic carbocycles. The number of rotatable bonds is 21. The van der Waals surface area contributed by atoms with Gasteiger partial charge in [0.05, 0.1) is 0 Å². The normalized spacial score (nSPS) is 10.8. The molecule has 8 aromatic rings. The maximum atomic E-state index is 14.1. The van der Waals surface area contributed by atoms with Crippen molar-refractivity contribution in [3.8, 4) is 45.6 Å². The molecule has 0 spiro atoms. The Morgan fingerprint density at radius 1 is 0.303 bits per heavy atom. The van der Waals surface area contributed by atoms with Crippen LogP contribution < -0.4 is 28.4 Å². The van der Waals surface area contributed by atoms with Crippen molar-refractivity contribution in [1.82, 2.24) is 0 Å². The van der Waals surface area contributed by atoms with Crippen molar-refractivity contribution >= 4 is 33.7 Å². The van der Waals surface area contributed by atoms with E-state index in [0.29, 0.717) is 0 Å². The Balaban J connectivity index is 1.41. The second-order valence-electron chi connectivity index (χ2n) is 15.1. The first-order valence-electron chi connectivity index (χ1n) is 21.2. The van der Waals surface area contributed by atoms with E-state index in [2.05, 4.69) is 0 Å². The Hall–Kier alpha value is -7.52. The molecular weight excluding hydrogens is 872 g/mol. The molecule has 330 valence electrons. The van der Waals surface area contributed by atoms with Crippen LogP contribution in [0.5, 0.6) is 34.5 Å². The van der Waals surface area contributed by atoms with Crippen molar-refractivity contribution in [3.63, 3.8) is 0 Å². The van der Waals surface area contributed by atoms with Gasteiger partial charge in [-0.3, -0.25) is 9.59 Å². The van der Waals surface area contributed by atoms with Crippen LogP contribution in [0.25, 0.3) is 11.1 Å². The Bertz CT molecular complexity index is 2650. The van der Waals surface area contributed by atoms with E-state index in [4.69, 9.17) is 51.6 Å². The van der Waals surface area contributed by atoms with Crippen LogP contribution in [0.1, 0.15) is 54.1 Å². The van der Waals surface area contributed by atoms with Gasteiger partial charge in [-0.15, -0.1) is 0 Å².